The van der Waals surface area contributed by atoms with E-state index in [4.69, 9.17) is 4.42 Å². The van der Waals surface area contributed by atoms with Crippen molar-refractivity contribution in [2.24, 2.45) is 5.10 Å². The lowest BCUT2D eigenvalue weighted by atomic mass is 9.98. The maximum absolute atomic E-state index is 13.4. The van der Waals surface area contributed by atoms with Gasteiger partial charge in [0.05, 0.1) is 11.8 Å². The van der Waals surface area contributed by atoms with E-state index in [-0.39, 0.29) is 17.4 Å². The van der Waals surface area contributed by atoms with Gasteiger partial charge in [0, 0.05) is 35.5 Å². The number of phenols is 1. The van der Waals surface area contributed by atoms with Crippen LogP contribution < -0.4 is 0 Å². The zero-order chi connectivity index (χ0) is 22.1. The first-order chi connectivity index (χ1) is 15.6. The van der Waals surface area contributed by atoms with E-state index >= 15 is 0 Å². The number of benzene rings is 2. The number of rotatable bonds is 4. The summed E-state index contributed by atoms with van der Waals surface area (Å²) in [6.07, 6.45) is 3.87. The van der Waals surface area contributed by atoms with Crippen LogP contribution in [-0.2, 0) is 0 Å². The maximum atomic E-state index is 13.4. The van der Waals surface area contributed by atoms with Crippen molar-refractivity contribution >= 4 is 11.6 Å². The molecule has 1 N–H and O–H groups in total. The fourth-order valence-corrected chi connectivity index (χ4v) is 3.86. The van der Waals surface area contributed by atoms with Crippen LogP contribution in [0.25, 0.3) is 11.3 Å². The van der Waals surface area contributed by atoms with Crippen molar-refractivity contribution in [2.45, 2.75) is 19.4 Å². The van der Waals surface area contributed by atoms with Crippen molar-refractivity contribution in [3.63, 3.8) is 0 Å². The zero-order valence-electron chi connectivity index (χ0n) is 17.5. The second-order valence-corrected chi connectivity index (χ2v) is 7.75. The third kappa shape index (κ3) is 3.67. The predicted molar refractivity (Wildman–Crippen MR) is 121 cm³/mol. The number of carbonyl (C=O) groups is 1. The Morgan fingerprint density at radius 3 is 2.56 bits per heavy atom. The molecule has 5 rings (SSSR count). The van der Waals surface area contributed by atoms with Gasteiger partial charge in [0.2, 0.25) is 0 Å². The summed E-state index contributed by atoms with van der Waals surface area (Å²) in [7, 11) is 0. The third-order valence-electron chi connectivity index (χ3n) is 5.56. The summed E-state index contributed by atoms with van der Waals surface area (Å²) < 4.78 is 5.90. The number of aromatic hydroxyl groups is 1. The fourth-order valence-electron chi connectivity index (χ4n) is 3.86. The number of carbonyl (C=O) groups excluding carboxylic acids is 1. The molecule has 0 bridgehead atoms. The van der Waals surface area contributed by atoms with Crippen molar-refractivity contribution in [3.8, 4) is 17.1 Å². The van der Waals surface area contributed by atoms with Crippen molar-refractivity contribution in [3.05, 3.63) is 108 Å². The van der Waals surface area contributed by atoms with Crippen LogP contribution in [0.1, 0.15) is 39.7 Å². The molecule has 0 aliphatic carbocycles. The van der Waals surface area contributed by atoms with Crippen LogP contribution in [0.2, 0.25) is 0 Å². The van der Waals surface area contributed by atoms with Gasteiger partial charge in [-0.05, 0) is 31.2 Å². The van der Waals surface area contributed by atoms with E-state index in [2.05, 4.69) is 10.1 Å². The van der Waals surface area contributed by atoms with Crippen LogP contribution in [0.5, 0.6) is 5.75 Å². The van der Waals surface area contributed by atoms with Crippen molar-refractivity contribution < 1.29 is 14.3 Å². The molecule has 1 atom stereocenters. The van der Waals surface area contributed by atoms with Gasteiger partial charge in [-0.2, -0.15) is 5.10 Å². The Morgan fingerprint density at radius 2 is 1.81 bits per heavy atom. The highest BCUT2D eigenvalue weighted by atomic mass is 16.4. The van der Waals surface area contributed by atoms with E-state index in [9.17, 15) is 9.90 Å². The molecule has 1 aliphatic heterocycles. The zero-order valence-corrected chi connectivity index (χ0v) is 17.5. The third-order valence-corrected chi connectivity index (χ3v) is 5.56. The van der Waals surface area contributed by atoms with Crippen molar-refractivity contribution in [2.75, 3.05) is 0 Å². The molecule has 1 amide bonds. The minimum absolute atomic E-state index is 0.123. The molecule has 1 aliphatic rings. The Hall–Kier alpha value is -4.19. The quantitative estimate of drug-likeness (QED) is 0.480. The van der Waals surface area contributed by atoms with Gasteiger partial charge in [-0.3, -0.25) is 9.78 Å². The Labute approximate surface area is 185 Å². The van der Waals surface area contributed by atoms with Gasteiger partial charge >= 0.3 is 5.91 Å². The molecule has 0 fully saturated rings. The smallest absolute Gasteiger partial charge is 0.310 e. The minimum atomic E-state index is -0.452. The molecule has 158 valence electrons. The first-order valence-corrected chi connectivity index (χ1v) is 10.4. The molecular weight excluding hydrogens is 402 g/mol. The highest BCUT2D eigenvalue weighted by Crippen LogP contribution is 2.38. The average molecular weight is 423 g/mol. The van der Waals surface area contributed by atoms with Crippen LogP contribution in [0.4, 0.5) is 0 Å². The summed E-state index contributed by atoms with van der Waals surface area (Å²) >= 11 is 0. The Kier molecular flexibility index (Phi) is 5.03. The maximum Gasteiger partial charge on any atom is 0.310 e. The molecule has 2 aromatic heterocycles. The van der Waals surface area contributed by atoms with Gasteiger partial charge in [0.25, 0.3) is 0 Å². The number of furan rings is 1. The number of hydrogen-bond acceptors (Lipinski definition) is 5. The molecular formula is C26H21N3O3. The molecule has 0 radical (unpaired) electrons. The number of para-hydroxylation sites is 1. The number of nitrogens with zero attached hydrogens (tertiary/aromatic N) is 3. The molecule has 6 nitrogen and oxygen atoms in total. The summed E-state index contributed by atoms with van der Waals surface area (Å²) in [5.41, 5.74) is 4.24. The fraction of sp³-hybridized carbons (Fsp3) is 0.115. The summed E-state index contributed by atoms with van der Waals surface area (Å²) in [5, 5.41) is 16.5. The highest BCUT2D eigenvalue weighted by Gasteiger charge is 2.36. The number of pyridine rings is 1. The molecule has 3 heterocycles. The lowest BCUT2D eigenvalue weighted by Crippen LogP contribution is -2.26. The Balaban J connectivity index is 1.51. The van der Waals surface area contributed by atoms with E-state index in [0.717, 1.165) is 22.4 Å². The second-order valence-electron chi connectivity index (χ2n) is 7.75. The van der Waals surface area contributed by atoms with E-state index in [0.29, 0.717) is 17.7 Å². The summed E-state index contributed by atoms with van der Waals surface area (Å²) in [6, 6.07) is 21.7. The molecule has 6 heteroatoms. The number of aromatic nitrogens is 1. The Bertz CT molecular complexity index is 1290. The van der Waals surface area contributed by atoms with Gasteiger partial charge < -0.3 is 9.52 Å². The van der Waals surface area contributed by atoms with Crippen molar-refractivity contribution in [1.82, 2.24) is 9.99 Å². The first-order valence-electron chi connectivity index (χ1n) is 10.4. The summed E-state index contributed by atoms with van der Waals surface area (Å²) in [4.78, 5) is 17.6. The highest BCUT2D eigenvalue weighted by molar-refractivity contribution is 6.04. The van der Waals surface area contributed by atoms with E-state index in [1.165, 1.54) is 5.01 Å². The van der Waals surface area contributed by atoms with Crippen molar-refractivity contribution in [1.29, 1.82) is 0 Å². The monoisotopic (exact) mass is 423 g/mol. The average Bonchev–Trinajstić information content (AvgIpc) is 3.48. The topological polar surface area (TPSA) is 78.9 Å². The van der Waals surface area contributed by atoms with Crippen LogP contribution in [0, 0.1) is 6.92 Å². The van der Waals surface area contributed by atoms with Crippen LogP contribution >= 0.6 is 0 Å². The van der Waals surface area contributed by atoms with Gasteiger partial charge in [0.15, 0.2) is 5.76 Å². The standard InChI is InChI=1S/C26H21N3O3/c1-17-8-10-18(11-9-17)24-12-13-25(32-24)26(31)29-22(20-6-2-3-7-23(20)30)15-21(28-29)19-5-4-14-27-16-19/h2-14,16,22,30H,15H2,1H3. The molecule has 2 aromatic carbocycles. The molecule has 32 heavy (non-hydrogen) atoms. The molecule has 0 spiro atoms. The lowest BCUT2D eigenvalue weighted by Gasteiger charge is -2.21. The molecule has 0 saturated heterocycles. The number of amides is 1. The van der Waals surface area contributed by atoms with Gasteiger partial charge in [0.1, 0.15) is 11.5 Å². The minimum Gasteiger partial charge on any atom is -0.508 e. The van der Waals surface area contributed by atoms with Crippen LogP contribution in [0.15, 0.2) is 94.7 Å². The SMILES string of the molecule is Cc1ccc(-c2ccc(C(=O)N3N=C(c4cccnc4)CC3c3ccccc3O)o2)cc1. The molecule has 4 aromatic rings. The van der Waals surface area contributed by atoms with Gasteiger partial charge in [-0.15, -0.1) is 0 Å². The Morgan fingerprint density at radius 1 is 1.00 bits per heavy atom. The van der Waals surface area contributed by atoms with Gasteiger partial charge in [-0.25, -0.2) is 5.01 Å². The lowest BCUT2D eigenvalue weighted by molar-refractivity contribution is 0.0678. The number of hydrogen-bond donors (Lipinski definition) is 1. The first kappa shape index (κ1) is 19.8. The van der Waals surface area contributed by atoms with E-state index < -0.39 is 6.04 Å². The van der Waals surface area contributed by atoms with Gasteiger partial charge in [-0.1, -0.05) is 54.1 Å². The predicted octanol–water partition coefficient (Wildman–Crippen LogP) is 5.35. The summed E-state index contributed by atoms with van der Waals surface area (Å²) in [5.74, 6) is 0.563. The molecule has 0 saturated carbocycles. The van der Waals surface area contributed by atoms with Crippen LogP contribution in [-0.4, -0.2) is 26.7 Å². The van der Waals surface area contributed by atoms with Crippen LogP contribution in [0.3, 0.4) is 0 Å². The number of aryl methyl sites for hydroxylation is 1. The largest absolute Gasteiger partial charge is 0.508 e. The normalized spacial score (nSPS) is 15.6. The number of phenolic OH excluding ortho intramolecular Hbond substituents is 1. The molecule has 1 unspecified atom stereocenters. The second kappa shape index (κ2) is 8.15. The summed E-state index contributed by atoms with van der Waals surface area (Å²) in [6.45, 7) is 2.02. The number of hydrazone groups is 1. The van der Waals surface area contributed by atoms with E-state index in [1.807, 2.05) is 55.5 Å². The van der Waals surface area contributed by atoms with E-state index in [1.54, 1.807) is 36.7 Å².